The number of esters is 2. The molecule has 9 nitrogen and oxygen atoms in total. The Morgan fingerprint density at radius 3 is 2.58 bits per heavy atom. The van der Waals surface area contributed by atoms with Crippen molar-refractivity contribution in [3.05, 3.63) is 34.9 Å². The van der Waals surface area contributed by atoms with E-state index in [-0.39, 0.29) is 30.8 Å². The van der Waals surface area contributed by atoms with Gasteiger partial charge in [0.25, 0.3) is 0 Å². The average Bonchev–Trinajstić information content (AvgIpc) is 3.51. The van der Waals surface area contributed by atoms with E-state index in [0.29, 0.717) is 18.6 Å². The highest BCUT2D eigenvalue weighted by atomic mass is 16.7. The Hall–Kier alpha value is -2.62. The molecule has 1 aliphatic carbocycles. The Kier molecular flexibility index (Phi) is 7.70. The molecule has 1 aromatic carbocycles. The first-order valence-corrected chi connectivity index (χ1v) is 14.5. The third-order valence-electron chi connectivity index (χ3n) is 8.78. The van der Waals surface area contributed by atoms with Gasteiger partial charge in [-0.25, -0.2) is 4.79 Å². The van der Waals surface area contributed by atoms with E-state index >= 15 is 0 Å². The van der Waals surface area contributed by atoms with Crippen LogP contribution in [0.4, 0.5) is 0 Å². The van der Waals surface area contributed by atoms with Crippen LogP contribution in [-0.4, -0.2) is 75.9 Å². The highest BCUT2D eigenvalue weighted by Crippen LogP contribution is 2.55. The second-order valence-corrected chi connectivity index (χ2v) is 12.8. The van der Waals surface area contributed by atoms with Crippen molar-refractivity contribution in [3.63, 3.8) is 0 Å². The van der Waals surface area contributed by atoms with Crippen LogP contribution in [0.3, 0.4) is 0 Å². The van der Waals surface area contributed by atoms with Crippen molar-refractivity contribution < 1.29 is 38.7 Å². The molecule has 2 N–H and O–H groups in total. The van der Waals surface area contributed by atoms with E-state index in [1.165, 1.54) is 0 Å². The van der Waals surface area contributed by atoms with Gasteiger partial charge in [0.05, 0.1) is 23.7 Å². The van der Waals surface area contributed by atoms with Crippen LogP contribution in [0.15, 0.2) is 23.8 Å². The maximum atomic E-state index is 13.9. The molecule has 220 valence electrons. The van der Waals surface area contributed by atoms with Gasteiger partial charge in [0.15, 0.2) is 17.1 Å². The zero-order chi connectivity index (χ0) is 28.9. The number of benzene rings is 1. The van der Waals surface area contributed by atoms with Crippen molar-refractivity contribution in [2.24, 2.45) is 0 Å². The summed E-state index contributed by atoms with van der Waals surface area (Å²) in [5.41, 5.74) is -0.200. The summed E-state index contributed by atoms with van der Waals surface area (Å²) in [6.45, 7) is 10.8. The van der Waals surface area contributed by atoms with Crippen LogP contribution >= 0.6 is 0 Å². The molecule has 4 atom stereocenters. The van der Waals surface area contributed by atoms with Gasteiger partial charge >= 0.3 is 11.9 Å². The molecule has 5 rings (SSSR count). The number of nitrogens with zero attached hydrogens (tertiary/aromatic N) is 1. The number of rotatable bonds is 9. The summed E-state index contributed by atoms with van der Waals surface area (Å²) < 4.78 is 22.9. The SMILES string of the molecule is CC1=C[C@]23CCCN2CCc2cc4c(cc2[C@@H]3C1OC(=O)[C@@](O)(CCCC(C)(C)O)CC(=O)OC(C)C)OCO4. The standard InChI is InChI=1S/C31H43NO8/c1-19(2)39-25(33)17-31(36,11-6-9-29(4,5)35)28(34)40-27-20(3)16-30-10-7-12-32(30)13-8-21-14-23-24(38-18-37-23)15-22(21)26(27)30/h14-16,19,26-27,35-36H,6-13,17-18H2,1-5H3/t26-,27?,30+,31-/m1/s1. The maximum absolute atomic E-state index is 13.9. The second kappa shape index (κ2) is 10.7. The highest BCUT2D eigenvalue weighted by molar-refractivity contribution is 5.86. The lowest BCUT2D eigenvalue weighted by atomic mass is 9.77. The molecule has 9 heteroatoms. The van der Waals surface area contributed by atoms with Crippen LogP contribution in [0, 0.1) is 0 Å². The summed E-state index contributed by atoms with van der Waals surface area (Å²) in [6.07, 6.45) is 4.22. The average molecular weight is 558 g/mol. The van der Waals surface area contributed by atoms with Gasteiger partial charge in [-0.2, -0.15) is 0 Å². The Bertz CT molecular complexity index is 1190. The Labute approximate surface area is 236 Å². The highest BCUT2D eigenvalue weighted by Gasteiger charge is 2.57. The molecule has 0 saturated carbocycles. The van der Waals surface area contributed by atoms with Crippen LogP contribution < -0.4 is 9.47 Å². The van der Waals surface area contributed by atoms with Crippen LogP contribution in [0.2, 0.25) is 0 Å². The maximum Gasteiger partial charge on any atom is 0.339 e. The van der Waals surface area contributed by atoms with E-state index in [0.717, 1.165) is 54.8 Å². The van der Waals surface area contributed by atoms with Gasteiger partial charge in [-0.05, 0) is 109 Å². The minimum atomic E-state index is -2.08. The molecule has 3 heterocycles. The summed E-state index contributed by atoms with van der Waals surface area (Å²) in [7, 11) is 0. The van der Waals surface area contributed by atoms with E-state index in [2.05, 4.69) is 17.0 Å². The van der Waals surface area contributed by atoms with E-state index < -0.39 is 35.7 Å². The summed E-state index contributed by atoms with van der Waals surface area (Å²) in [5, 5.41) is 21.8. The zero-order valence-electron chi connectivity index (χ0n) is 24.3. The number of ether oxygens (including phenoxy) is 4. The third kappa shape index (κ3) is 5.48. The lowest BCUT2D eigenvalue weighted by Crippen LogP contribution is -2.49. The minimum Gasteiger partial charge on any atom is -0.463 e. The molecule has 0 radical (unpaired) electrons. The fourth-order valence-corrected chi connectivity index (χ4v) is 7.05. The quantitative estimate of drug-likeness (QED) is 0.346. The molecule has 1 unspecified atom stereocenters. The Morgan fingerprint density at radius 1 is 1.15 bits per heavy atom. The lowest BCUT2D eigenvalue weighted by molar-refractivity contribution is -0.179. The van der Waals surface area contributed by atoms with E-state index in [9.17, 15) is 19.8 Å². The largest absolute Gasteiger partial charge is 0.463 e. The molecule has 0 bridgehead atoms. The van der Waals surface area contributed by atoms with Crippen LogP contribution in [0.25, 0.3) is 0 Å². The van der Waals surface area contributed by atoms with Crippen molar-refractivity contribution in [1.82, 2.24) is 4.90 Å². The molecule has 40 heavy (non-hydrogen) atoms. The second-order valence-electron chi connectivity index (χ2n) is 12.8. The van der Waals surface area contributed by atoms with Crippen LogP contribution in [0.1, 0.15) is 90.2 Å². The summed E-state index contributed by atoms with van der Waals surface area (Å²) >= 11 is 0. The van der Waals surface area contributed by atoms with Gasteiger partial charge in [-0.1, -0.05) is 6.08 Å². The molecule has 4 aliphatic rings. The number of hydrogen-bond acceptors (Lipinski definition) is 9. The van der Waals surface area contributed by atoms with E-state index in [4.69, 9.17) is 18.9 Å². The molecule has 1 fully saturated rings. The summed E-state index contributed by atoms with van der Waals surface area (Å²) in [4.78, 5) is 29.0. The van der Waals surface area contributed by atoms with Crippen LogP contribution in [0.5, 0.6) is 11.5 Å². The lowest BCUT2D eigenvalue weighted by Gasteiger charge is -2.40. The minimum absolute atomic E-state index is 0.0320. The summed E-state index contributed by atoms with van der Waals surface area (Å²) in [5.74, 6) is -0.267. The predicted molar refractivity (Wildman–Crippen MR) is 147 cm³/mol. The van der Waals surface area contributed by atoms with Crippen molar-refractivity contribution in [1.29, 1.82) is 0 Å². The first-order chi connectivity index (χ1) is 18.8. The normalized spacial score (nSPS) is 26.9. The van der Waals surface area contributed by atoms with Crippen molar-refractivity contribution in [3.8, 4) is 11.5 Å². The van der Waals surface area contributed by atoms with Gasteiger partial charge in [0.1, 0.15) is 6.10 Å². The number of aliphatic hydroxyl groups is 2. The number of fused-ring (bicyclic) bond motifs is 3. The molecular formula is C31H43NO8. The molecule has 1 aromatic rings. The van der Waals surface area contributed by atoms with E-state index in [1.54, 1.807) is 27.7 Å². The smallest absolute Gasteiger partial charge is 0.339 e. The Balaban J connectivity index is 1.47. The van der Waals surface area contributed by atoms with Crippen molar-refractivity contribution >= 4 is 11.9 Å². The fourth-order valence-electron chi connectivity index (χ4n) is 7.05. The topological polar surface area (TPSA) is 115 Å². The van der Waals surface area contributed by atoms with Crippen molar-refractivity contribution in [2.75, 3.05) is 19.9 Å². The van der Waals surface area contributed by atoms with Crippen LogP contribution in [-0.2, 0) is 25.5 Å². The first-order valence-electron chi connectivity index (χ1n) is 14.5. The van der Waals surface area contributed by atoms with E-state index in [1.807, 2.05) is 13.0 Å². The van der Waals surface area contributed by atoms with Gasteiger partial charge < -0.3 is 29.2 Å². The van der Waals surface area contributed by atoms with Gasteiger partial charge in [0, 0.05) is 12.5 Å². The molecule has 3 aliphatic heterocycles. The third-order valence-corrected chi connectivity index (χ3v) is 8.78. The van der Waals surface area contributed by atoms with Crippen molar-refractivity contribution in [2.45, 2.75) is 114 Å². The molecular weight excluding hydrogens is 514 g/mol. The monoisotopic (exact) mass is 557 g/mol. The predicted octanol–water partition coefficient (Wildman–Crippen LogP) is 3.78. The molecule has 0 amide bonds. The number of carbonyl (C=O) groups is 2. The number of carbonyl (C=O) groups excluding carboxylic acids is 2. The number of hydrogen-bond donors (Lipinski definition) is 2. The molecule has 1 spiro atoms. The van der Waals surface area contributed by atoms with Gasteiger partial charge in [0.2, 0.25) is 6.79 Å². The molecule has 1 saturated heterocycles. The van der Waals surface area contributed by atoms with Gasteiger partial charge in [-0.3, -0.25) is 9.69 Å². The molecule has 0 aromatic heterocycles. The first kappa shape index (κ1) is 28.9. The fraction of sp³-hybridized carbons (Fsp3) is 0.677. The Morgan fingerprint density at radius 2 is 1.88 bits per heavy atom. The zero-order valence-corrected chi connectivity index (χ0v) is 24.3. The summed E-state index contributed by atoms with van der Waals surface area (Å²) in [6, 6.07) is 4.09. The van der Waals surface area contributed by atoms with Gasteiger partial charge in [-0.15, -0.1) is 0 Å².